The number of cyclic esters (lactones) is 1. The number of hydrogen-bond acceptors (Lipinski definition) is 14. The molecule has 3 atom stereocenters. The Morgan fingerprint density at radius 1 is 0.865 bits per heavy atom. The number of halogens is 1. The van der Waals surface area contributed by atoms with Crippen LogP contribution in [0.3, 0.4) is 0 Å². The van der Waals surface area contributed by atoms with Crippen LogP contribution in [0.25, 0.3) is 22.3 Å². The van der Waals surface area contributed by atoms with Gasteiger partial charge in [-0.05, 0) is 61.9 Å². The molecular formula is C51H54FN11O11. The Hall–Kier alpha value is -8.47. The molecule has 0 fully saturated rings. The van der Waals surface area contributed by atoms with E-state index in [0.717, 1.165) is 4.90 Å². The minimum Gasteiger partial charge on any atom is -0.458 e. The number of imide groups is 1. The van der Waals surface area contributed by atoms with Crippen molar-refractivity contribution in [3.05, 3.63) is 122 Å². The number of aliphatic hydroxyl groups is 1. The summed E-state index contributed by atoms with van der Waals surface area (Å²) in [6, 6.07) is 11.5. The zero-order valence-electron chi connectivity index (χ0n) is 40.8. The van der Waals surface area contributed by atoms with Gasteiger partial charge in [-0.25, -0.2) is 18.9 Å². The number of fused-ring (bicyclic) bond motifs is 5. The fourth-order valence-electron chi connectivity index (χ4n) is 9.08. The second-order valence-electron chi connectivity index (χ2n) is 18.3. The van der Waals surface area contributed by atoms with Crippen LogP contribution in [-0.2, 0) is 74.8 Å². The van der Waals surface area contributed by atoms with E-state index in [9.17, 15) is 48.3 Å². The molecule has 6 heterocycles. The Morgan fingerprint density at radius 2 is 1.57 bits per heavy atom. The number of carbonyl (C=O) groups is 8. The first-order chi connectivity index (χ1) is 35.4. The number of hydrogen-bond donors (Lipinski definition) is 6. The summed E-state index contributed by atoms with van der Waals surface area (Å²) in [4.78, 5) is 120. The van der Waals surface area contributed by atoms with Crippen LogP contribution in [0.2, 0.25) is 0 Å². The molecule has 22 nitrogen and oxygen atoms in total. The van der Waals surface area contributed by atoms with Crippen LogP contribution in [0.4, 0.5) is 4.39 Å². The summed E-state index contributed by atoms with van der Waals surface area (Å²) in [5, 5.41) is 33.4. The third-order valence-corrected chi connectivity index (χ3v) is 13.2. The van der Waals surface area contributed by atoms with E-state index >= 15 is 4.39 Å². The first-order valence-electron chi connectivity index (χ1n) is 24.1. The molecule has 6 N–H and O–H groups in total. The zero-order chi connectivity index (χ0) is 52.8. The quantitative estimate of drug-likeness (QED) is 0.0332. The number of esters is 1. The van der Waals surface area contributed by atoms with E-state index in [1.807, 2.05) is 0 Å². The third-order valence-electron chi connectivity index (χ3n) is 13.2. The highest BCUT2D eigenvalue weighted by Gasteiger charge is 2.45. The largest absolute Gasteiger partial charge is 0.458 e. The predicted molar refractivity (Wildman–Crippen MR) is 260 cm³/mol. The van der Waals surface area contributed by atoms with Crippen molar-refractivity contribution in [3.8, 4) is 11.4 Å². The first kappa shape index (κ1) is 51.9. The molecule has 0 saturated carbocycles. The molecule has 0 radical (unpaired) electrons. The maximum atomic E-state index is 15.1. The third kappa shape index (κ3) is 11.3. The summed E-state index contributed by atoms with van der Waals surface area (Å²) in [5.41, 5.74) is 1.57. The number of aryl methyl sites for hydroxylation is 1. The van der Waals surface area contributed by atoms with E-state index in [0.29, 0.717) is 69.5 Å². The molecule has 23 heteroatoms. The molecule has 3 aliphatic rings. The molecule has 0 bridgehead atoms. The Kier molecular flexibility index (Phi) is 15.5. The Balaban J connectivity index is 0.854. The maximum Gasteiger partial charge on any atom is 0.343 e. The molecule has 386 valence electrons. The minimum atomic E-state index is -2.04. The van der Waals surface area contributed by atoms with Crippen molar-refractivity contribution in [1.29, 1.82) is 0 Å². The number of nitrogens with one attached hydrogen (secondary N) is 5. The van der Waals surface area contributed by atoms with E-state index in [-0.39, 0.29) is 68.4 Å². The number of unbranched alkanes of at least 4 members (excludes halogenated alkanes) is 2. The Labute approximate surface area is 422 Å². The smallest absolute Gasteiger partial charge is 0.343 e. The SMILES string of the molecule is CC[C@@]1(O)C(=O)OCc2c1cc1n(c2=O)Cc2c-1nc1cc(F)c(C)cc1c2Cn1cc(C(C)NC(=O)CNC(=O)[C@@H](Cc2ccccc2)NC(=O)CNC(=O)CNC(=O)CCCCCN2C(=O)C=CC2=O)nn1. The number of amides is 7. The number of nitrogens with zero attached hydrogens (tertiary/aromatic N) is 6. The average Bonchev–Trinajstić information content (AvgIpc) is 4.10. The van der Waals surface area contributed by atoms with E-state index < -0.39 is 84.2 Å². The van der Waals surface area contributed by atoms with Crippen molar-refractivity contribution in [3.63, 3.8) is 0 Å². The summed E-state index contributed by atoms with van der Waals surface area (Å²) >= 11 is 0. The van der Waals surface area contributed by atoms with Gasteiger partial charge in [0.25, 0.3) is 17.4 Å². The molecule has 1 unspecified atom stereocenters. The number of benzene rings is 2. The fraction of sp³-hybridized carbons (Fsp3) is 0.373. The topological polar surface area (TPSA) is 295 Å². The monoisotopic (exact) mass is 1020 g/mol. The van der Waals surface area contributed by atoms with Gasteiger partial charge in [0.1, 0.15) is 24.2 Å². The highest BCUT2D eigenvalue weighted by atomic mass is 19.1. The van der Waals surface area contributed by atoms with Crippen LogP contribution in [0, 0.1) is 12.7 Å². The maximum absolute atomic E-state index is 15.1. The van der Waals surface area contributed by atoms with Gasteiger partial charge < -0.3 is 41.0 Å². The number of aromatic nitrogens is 5. The van der Waals surface area contributed by atoms with E-state index in [1.54, 1.807) is 69.4 Å². The molecular weight excluding hydrogens is 962 g/mol. The summed E-state index contributed by atoms with van der Waals surface area (Å²) in [7, 11) is 0. The molecule has 0 aliphatic carbocycles. The lowest BCUT2D eigenvalue weighted by Crippen LogP contribution is -2.52. The summed E-state index contributed by atoms with van der Waals surface area (Å²) in [6.45, 7) is 3.63. The molecule has 5 aromatic rings. The van der Waals surface area contributed by atoms with Gasteiger partial charge in [0.2, 0.25) is 29.5 Å². The average molecular weight is 1020 g/mol. The molecule has 0 saturated heterocycles. The lowest BCUT2D eigenvalue weighted by atomic mass is 9.86. The Morgan fingerprint density at radius 3 is 2.31 bits per heavy atom. The van der Waals surface area contributed by atoms with Crippen LogP contribution in [-0.4, -0.2) is 114 Å². The van der Waals surface area contributed by atoms with Gasteiger partial charge in [-0.15, -0.1) is 5.10 Å². The highest BCUT2D eigenvalue weighted by molar-refractivity contribution is 6.12. The second-order valence-corrected chi connectivity index (χ2v) is 18.3. The molecule has 3 aliphatic heterocycles. The van der Waals surface area contributed by atoms with E-state index in [1.165, 1.54) is 27.5 Å². The van der Waals surface area contributed by atoms with Crippen molar-refractivity contribution in [2.75, 3.05) is 26.2 Å². The van der Waals surface area contributed by atoms with Gasteiger partial charge in [-0.3, -0.25) is 43.3 Å². The summed E-state index contributed by atoms with van der Waals surface area (Å²) in [6.07, 6.45) is 5.73. The van der Waals surface area contributed by atoms with Crippen molar-refractivity contribution in [1.82, 2.24) is 56.0 Å². The van der Waals surface area contributed by atoms with Crippen LogP contribution < -0.4 is 32.1 Å². The lowest BCUT2D eigenvalue weighted by Gasteiger charge is -2.31. The van der Waals surface area contributed by atoms with Crippen molar-refractivity contribution >= 4 is 58.2 Å². The van der Waals surface area contributed by atoms with Gasteiger partial charge in [0.05, 0.1) is 67.4 Å². The predicted octanol–water partition coefficient (Wildman–Crippen LogP) is 0.906. The standard InChI is InChI=1S/C51H54FN11O11/c1-4-51(73)35-19-40-47-33(25-63(40)49(71)34(35)27-74-50(51)72)32(31-17-28(2)36(52)20-37(31)58-47)24-61-26-39(59-60-61)29(3)56-43(66)23-55-48(70)38(18-30-11-7-5-8-12-30)57-44(67)22-54-42(65)21-53-41(64)13-9-6-10-16-62-45(68)14-15-46(62)69/h5,7-8,11-12,14-15,17,19-20,26,29,38,73H,4,6,9-10,13,16,18,21-25,27H2,1-3H3,(H,53,64)(H,54,65)(H,55,70)(H,56,66)(H,57,67)/t29?,38-,51+/m1/s1. The summed E-state index contributed by atoms with van der Waals surface area (Å²) < 4.78 is 23.3. The summed E-state index contributed by atoms with van der Waals surface area (Å²) in [5.74, 6) is -5.09. The zero-order valence-corrected chi connectivity index (χ0v) is 40.8. The molecule has 74 heavy (non-hydrogen) atoms. The van der Waals surface area contributed by atoms with Crippen LogP contribution in [0.1, 0.15) is 91.1 Å². The highest BCUT2D eigenvalue weighted by Crippen LogP contribution is 2.41. The van der Waals surface area contributed by atoms with Gasteiger partial charge in [0.15, 0.2) is 5.60 Å². The van der Waals surface area contributed by atoms with Crippen LogP contribution in [0.15, 0.2) is 71.7 Å². The number of rotatable bonds is 21. The minimum absolute atomic E-state index is 0.0377. The first-order valence-corrected chi connectivity index (χ1v) is 24.1. The van der Waals surface area contributed by atoms with Gasteiger partial charge in [0, 0.05) is 54.1 Å². The van der Waals surface area contributed by atoms with Crippen LogP contribution in [0.5, 0.6) is 0 Å². The number of carbonyl (C=O) groups excluding carboxylic acids is 8. The fourth-order valence-corrected chi connectivity index (χ4v) is 9.08. The van der Waals surface area contributed by atoms with E-state index in [4.69, 9.17) is 9.72 Å². The molecule has 0 spiro atoms. The van der Waals surface area contributed by atoms with Crippen molar-refractivity contribution < 1.29 is 52.6 Å². The molecule has 7 amide bonds. The number of ether oxygens (including phenoxy) is 1. The normalized spacial score (nSPS) is 16.2. The van der Waals surface area contributed by atoms with Gasteiger partial charge in [-0.1, -0.05) is 48.9 Å². The number of pyridine rings is 2. The van der Waals surface area contributed by atoms with Crippen molar-refractivity contribution in [2.24, 2.45) is 0 Å². The van der Waals surface area contributed by atoms with Gasteiger partial charge >= 0.3 is 5.97 Å². The van der Waals surface area contributed by atoms with Crippen molar-refractivity contribution in [2.45, 2.75) is 96.7 Å². The lowest BCUT2D eigenvalue weighted by molar-refractivity contribution is -0.172. The molecule has 8 rings (SSSR count). The van der Waals surface area contributed by atoms with Gasteiger partial charge in [-0.2, -0.15) is 0 Å². The Bertz CT molecular complexity index is 3170. The second kappa shape index (κ2) is 22.1. The molecule has 3 aromatic heterocycles. The van der Waals surface area contributed by atoms with Crippen LogP contribution >= 0.6 is 0 Å². The molecule has 2 aromatic carbocycles. The van der Waals surface area contributed by atoms with E-state index in [2.05, 4.69) is 36.9 Å².